The highest BCUT2D eigenvalue weighted by atomic mass is 16.5. The largest absolute Gasteiger partial charge is 0.369 e. The third-order valence-corrected chi connectivity index (χ3v) is 4.05. The van der Waals surface area contributed by atoms with Gasteiger partial charge in [-0.2, -0.15) is 0 Å². The molecule has 21 heavy (non-hydrogen) atoms. The number of amides is 1. The minimum absolute atomic E-state index is 0.00439. The molecule has 0 radical (unpaired) electrons. The lowest BCUT2D eigenvalue weighted by Crippen LogP contribution is -2.44. The van der Waals surface area contributed by atoms with Crippen molar-refractivity contribution in [2.75, 3.05) is 19.7 Å². The fraction of sp³-hybridized carbons (Fsp3) is 0.588. The SMILES string of the molecule is CCOC(C)C(=O)NC1CN(Cc2ccccc2)CC1C. The van der Waals surface area contributed by atoms with Crippen LogP contribution in [0, 0.1) is 5.92 Å². The average Bonchev–Trinajstić information content (AvgIpc) is 2.80. The van der Waals surface area contributed by atoms with E-state index in [1.807, 2.05) is 13.0 Å². The lowest BCUT2D eigenvalue weighted by molar-refractivity contribution is -0.132. The van der Waals surface area contributed by atoms with Gasteiger partial charge in [0.2, 0.25) is 5.91 Å². The van der Waals surface area contributed by atoms with E-state index >= 15 is 0 Å². The third kappa shape index (κ3) is 4.55. The van der Waals surface area contributed by atoms with Crippen LogP contribution in [-0.4, -0.2) is 42.6 Å². The van der Waals surface area contributed by atoms with Crippen LogP contribution in [0.1, 0.15) is 26.3 Å². The second kappa shape index (κ2) is 7.57. The zero-order valence-corrected chi connectivity index (χ0v) is 13.2. The lowest BCUT2D eigenvalue weighted by atomic mass is 10.1. The van der Waals surface area contributed by atoms with Gasteiger partial charge >= 0.3 is 0 Å². The van der Waals surface area contributed by atoms with Crippen molar-refractivity contribution in [3.8, 4) is 0 Å². The number of carbonyl (C=O) groups excluding carboxylic acids is 1. The van der Waals surface area contributed by atoms with Crippen LogP contribution in [0.2, 0.25) is 0 Å². The molecule has 1 aliphatic rings. The van der Waals surface area contributed by atoms with Gasteiger partial charge in [0.05, 0.1) is 0 Å². The summed E-state index contributed by atoms with van der Waals surface area (Å²) in [7, 11) is 0. The Balaban J connectivity index is 1.85. The summed E-state index contributed by atoms with van der Waals surface area (Å²) in [6.45, 7) is 9.34. The van der Waals surface area contributed by atoms with Gasteiger partial charge in [-0.25, -0.2) is 0 Å². The molecule has 3 atom stereocenters. The Morgan fingerprint density at radius 2 is 2.10 bits per heavy atom. The van der Waals surface area contributed by atoms with Gasteiger partial charge in [-0.15, -0.1) is 0 Å². The van der Waals surface area contributed by atoms with Gasteiger partial charge in [0.1, 0.15) is 6.10 Å². The van der Waals surface area contributed by atoms with Crippen molar-refractivity contribution in [2.45, 2.75) is 39.5 Å². The van der Waals surface area contributed by atoms with Crippen molar-refractivity contribution in [2.24, 2.45) is 5.92 Å². The second-order valence-corrected chi connectivity index (χ2v) is 5.87. The highest BCUT2D eigenvalue weighted by molar-refractivity contribution is 5.80. The Labute approximate surface area is 127 Å². The molecule has 1 heterocycles. The molecular formula is C17H26N2O2. The Morgan fingerprint density at radius 1 is 1.38 bits per heavy atom. The van der Waals surface area contributed by atoms with Crippen LogP contribution in [0.3, 0.4) is 0 Å². The van der Waals surface area contributed by atoms with Crippen LogP contribution >= 0.6 is 0 Å². The van der Waals surface area contributed by atoms with Crippen LogP contribution in [0.4, 0.5) is 0 Å². The Morgan fingerprint density at radius 3 is 2.76 bits per heavy atom. The number of benzene rings is 1. The molecule has 0 spiro atoms. The molecule has 1 aliphatic heterocycles. The van der Waals surface area contributed by atoms with E-state index in [2.05, 4.69) is 41.4 Å². The molecule has 0 aromatic heterocycles. The van der Waals surface area contributed by atoms with Gasteiger partial charge in [0.25, 0.3) is 0 Å². The standard InChI is InChI=1S/C17H26N2O2/c1-4-21-14(3)17(20)18-16-12-19(10-13(16)2)11-15-8-6-5-7-9-15/h5-9,13-14,16H,4,10-12H2,1-3H3,(H,18,20). The number of carbonyl (C=O) groups is 1. The van der Waals surface area contributed by atoms with Crippen molar-refractivity contribution in [3.63, 3.8) is 0 Å². The van der Waals surface area contributed by atoms with Gasteiger partial charge < -0.3 is 10.1 Å². The predicted octanol–water partition coefficient (Wildman–Crippen LogP) is 2.05. The monoisotopic (exact) mass is 290 g/mol. The quantitative estimate of drug-likeness (QED) is 0.872. The summed E-state index contributed by atoms with van der Waals surface area (Å²) in [6, 6.07) is 10.7. The van der Waals surface area contributed by atoms with Crippen LogP contribution in [-0.2, 0) is 16.1 Å². The highest BCUT2D eigenvalue weighted by Gasteiger charge is 2.31. The van der Waals surface area contributed by atoms with E-state index in [1.54, 1.807) is 6.92 Å². The number of rotatable bonds is 6. The van der Waals surface area contributed by atoms with Gasteiger partial charge in [0, 0.05) is 32.3 Å². The third-order valence-electron chi connectivity index (χ3n) is 4.05. The first kappa shape index (κ1) is 16.0. The van der Waals surface area contributed by atoms with Crippen LogP contribution in [0.25, 0.3) is 0 Å². The van der Waals surface area contributed by atoms with Crippen molar-refractivity contribution in [1.29, 1.82) is 0 Å². The van der Waals surface area contributed by atoms with E-state index in [1.165, 1.54) is 5.56 Å². The maximum atomic E-state index is 12.0. The van der Waals surface area contributed by atoms with Gasteiger partial charge in [-0.05, 0) is 25.3 Å². The van der Waals surface area contributed by atoms with Crippen molar-refractivity contribution in [3.05, 3.63) is 35.9 Å². The first-order chi connectivity index (χ1) is 10.1. The minimum atomic E-state index is -0.370. The topological polar surface area (TPSA) is 41.6 Å². The molecule has 1 fully saturated rings. The molecule has 1 amide bonds. The molecule has 1 saturated heterocycles. The molecule has 0 bridgehead atoms. The Bertz CT molecular complexity index is 449. The summed E-state index contributed by atoms with van der Waals surface area (Å²) in [5, 5.41) is 3.12. The van der Waals surface area contributed by atoms with E-state index in [0.29, 0.717) is 12.5 Å². The maximum absolute atomic E-state index is 12.0. The first-order valence-corrected chi connectivity index (χ1v) is 7.78. The second-order valence-electron chi connectivity index (χ2n) is 5.87. The van der Waals surface area contributed by atoms with E-state index < -0.39 is 0 Å². The molecular weight excluding hydrogens is 264 g/mol. The normalized spacial score (nSPS) is 24.0. The minimum Gasteiger partial charge on any atom is -0.369 e. The maximum Gasteiger partial charge on any atom is 0.249 e. The molecule has 1 aromatic carbocycles. The molecule has 0 saturated carbocycles. The summed E-state index contributed by atoms with van der Waals surface area (Å²) in [4.78, 5) is 14.4. The van der Waals surface area contributed by atoms with E-state index in [0.717, 1.165) is 19.6 Å². The number of hydrogen-bond donors (Lipinski definition) is 1. The molecule has 1 aromatic rings. The molecule has 3 unspecified atom stereocenters. The molecule has 2 rings (SSSR count). The summed E-state index contributed by atoms with van der Waals surface area (Å²) < 4.78 is 5.35. The van der Waals surface area contributed by atoms with E-state index in [-0.39, 0.29) is 18.1 Å². The zero-order chi connectivity index (χ0) is 15.2. The van der Waals surface area contributed by atoms with Gasteiger partial charge in [0.15, 0.2) is 0 Å². The predicted molar refractivity (Wildman–Crippen MR) is 83.9 cm³/mol. The smallest absolute Gasteiger partial charge is 0.249 e. The number of likely N-dealkylation sites (tertiary alicyclic amines) is 1. The van der Waals surface area contributed by atoms with Crippen LogP contribution in [0.15, 0.2) is 30.3 Å². The van der Waals surface area contributed by atoms with Crippen LogP contribution in [0.5, 0.6) is 0 Å². The number of nitrogens with zero attached hydrogens (tertiary/aromatic N) is 1. The molecule has 116 valence electrons. The summed E-state index contributed by atoms with van der Waals surface area (Å²) >= 11 is 0. The van der Waals surface area contributed by atoms with Crippen molar-refractivity contribution < 1.29 is 9.53 Å². The molecule has 4 heteroatoms. The fourth-order valence-electron chi connectivity index (χ4n) is 2.85. The van der Waals surface area contributed by atoms with E-state index in [4.69, 9.17) is 4.74 Å². The van der Waals surface area contributed by atoms with Crippen molar-refractivity contribution >= 4 is 5.91 Å². The average molecular weight is 290 g/mol. The van der Waals surface area contributed by atoms with Crippen molar-refractivity contribution in [1.82, 2.24) is 10.2 Å². The van der Waals surface area contributed by atoms with Gasteiger partial charge in [-0.3, -0.25) is 9.69 Å². The zero-order valence-electron chi connectivity index (χ0n) is 13.2. The summed E-state index contributed by atoms with van der Waals surface area (Å²) in [5.74, 6) is 0.460. The Kier molecular flexibility index (Phi) is 5.76. The molecule has 0 aliphatic carbocycles. The first-order valence-electron chi connectivity index (χ1n) is 7.78. The molecule has 4 nitrogen and oxygen atoms in total. The number of nitrogens with one attached hydrogen (secondary N) is 1. The summed E-state index contributed by atoms with van der Waals surface area (Å²) in [5.41, 5.74) is 1.32. The lowest BCUT2D eigenvalue weighted by Gasteiger charge is -2.20. The number of ether oxygens (including phenoxy) is 1. The molecule has 1 N–H and O–H groups in total. The number of hydrogen-bond acceptors (Lipinski definition) is 3. The van der Waals surface area contributed by atoms with Crippen LogP contribution < -0.4 is 5.32 Å². The summed E-state index contributed by atoms with van der Waals surface area (Å²) in [6.07, 6.45) is -0.370. The highest BCUT2D eigenvalue weighted by Crippen LogP contribution is 2.19. The fourth-order valence-corrected chi connectivity index (χ4v) is 2.85. The Hall–Kier alpha value is -1.39. The van der Waals surface area contributed by atoms with E-state index in [9.17, 15) is 4.79 Å². The van der Waals surface area contributed by atoms with Gasteiger partial charge in [-0.1, -0.05) is 37.3 Å².